The summed E-state index contributed by atoms with van der Waals surface area (Å²) in [5, 5.41) is 15.4. The zero-order valence-corrected chi connectivity index (χ0v) is 15.8. The number of aromatic nitrogens is 4. The van der Waals surface area contributed by atoms with Gasteiger partial charge in [-0.05, 0) is 43.7 Å². The zero-order valence-electron chi connectivity index (χ0n) is 15.8. The van der Waals surface area contributed by atoms with Gasteiger partial charge in [0.05, 0.1) is 11.1 Å². The van der Waals surface area contributed by atoms with Gasteiger partial charge in [0.15, 0.2) is 0 Å². The van der Waals surface area contributed by atoms with Crippen LogP contribution in [0.1, 0.15) is 27.3 Å². The maximum absolute atomic E-state index is 12.7. The van der Waals surface area contributed by atoms with Crippen LogP contribution in [0.25, 0.3) is 22.2 Å². The third-order valence-corrected chi connectivity index (χ3v) is 5.48. The average molecular weight is 373 g/mol. The Morgan fingerprint density at radius 2 is 1.75 bits per heavy atom. The normalized spacial score (nSPS) is 18.5. The van der Waals surface area contributed by atoms with Gasteiger partial charge in [-0.2, -0.15) is 0 Å². The molecule has 7 nitrogen and oxygen atoms in total. The number of rotatable bonds is 2. The van der Waals surface area contributed by atoms with Crippen LogP contribution in [0, 0.1) is 13.8 Å². The van der Waals surface area contributed by atoms with E-state index in [4.69, 9.17) is 0 Å². The Hall–Kier alpha value is -3.45. The number of nitrogens with one attached hydrogen (secondary N) is 1. The third-order valence-electron chi connectivity index (χ3n) is 5.48. The molecule has 0 saturated heterocycles. The highest BCUT2D eigenvalue weighted by molar-refractivity contribution is 6.03. The molecule has 0 fully saturated rings. The molecule has 4 aromatic rings. The summed E-state index contributed by atoms with van der Waals surface area (Å²) in [6.45, 7) is 3.80. The molecule has 0 aromatic carbocycles. The zero-order chi connectivity index (χ0) is 19.6. The highest BCUT2D eigenvalue weighted by Gasteiger charge is 2.46. The van der Waals surface area contributed by atoms with Gasteiger partial charge in [0, 0.05) is 54.2 Å². The Kier molecular flexibility index (Phi) is 3.30. The third kappa shape index (κ3) is 2.05. The summed E-state index contributed by atoms with van der Waals surface area (Å²) in [6.07, 6.45) is 6.86. The van der Waals surface area contributed by atoms with Gasteiger partial charge in [-0.3, -0.25) is 14.3 Å². The quantitative estimate of drug-likeness (QED) is 0.565. The molecule has 0 bridgehead atoms. The predicted octanol–water partition coefficient (Wildman–Crippen LogP) is 2.45. The first kappa shape index (κ1) is 16.7. The monoisotopic (exact) mass is 373 g/mol. The lowest BCUT2D eigenvalue weighted by Gasteiger charge is -2.30. The number of carbonyl (C=O) groups is 1. The Bertz CT molecular complexity index is 1250. The van der Waals surface area contributed by atoms with Crippen molar-refractivity contribution in [2.45, 2.75) is 19.7 Å². The fourth-order valence-corrected chi connectivity index (χ4v) is 4.25. The van der Waals surface area contributed by atoms with Crippen molar-refractivity contribution in [2.75, 3.05) is 0 Å². The number of pyridine rings is 2. The molecular formula is C21H19N5O2. The maximum Gasteiger partial charge on any atom is 0.257 e. The van der Waals surface area contributed by atoms with Crippen LogP contribution in [0.4, 0.5) is 0 Å². The van der Waals surface area contributed by atoms with E-state index < -0.39 is 5.85 Å². The van der Waals surface area contributed by atoms with E-state index in [-0.39, 0.29) is 5.91 Å². The molecule has 0 saturated carbocycles. The predicted molar refractivity (Wildman–Crippen MR) is 105 cm³/mol. The number of hydrogen-bond donors (Lipinski definition) is 2. The van der Waals surface area contributed by atoms with Crippen LogP contribution >= 0.6 is 0 Å². The first-order valence-corrected chi connectivity index (χ1v) is 9.01. The van der Waals surface area contributed by atoms with Crippen molar-refractivity contribution in [1.82, 2.24) is 24.4 Å². The summed E-state index contributed by atoms with van der Waals surface area (Å²) in [7, 11) is 1.93. The lowest BCUT2D eigenvalue weighted by atomic mass is 9.95. The van der Waals surface area contributed by atoms with E-state index in [9.17, 15) is 9.90 Å². The van der Waals surface area contributed by atoms with Crippen LogP contribution in [0.2, 0.25) is 0 Å². The number of aliphatic hydroxyl groups is 1. The summed E-state index contributed by atoms with van der Waals surface area (Å²) < 4.78 is 3.68. The average Bonchev–Trinajstić information content (AvgIpc) is 3.30. The molecule has 2 N–H and O–H groups in total. The molecule has 1 aliphatic rings. The summed E-state index contributed by atoms with van der Waals surface area (Å²) in [5.74, 6) is -2.04. The molecule has 28 heavy (non-hydrogen) atoms. The molecule has 140 valence electrons. The molecule has 0 aliphatic carbocycles. The van der Waals surface area contributed by atoms with E-state index in [1.807, 2.05) is 55.9 Å². The Morgan fingerprint density at radius 3 is 2.50 bits per heavy atom. The van der Waals surface area contributed by atoms with Crippen molar-refractivity contribution in [2.24, 2.45) is 7.05 Å². The topological polar surface area (TPSA) is 85.0 Å². The molecule has 1 amide bonds. The lowest BCUT2D eigenvalue weighted by Crippen LogP contribution is -2.47. The maximum atomic E-state index is 12.7. The van der Waals surface area contributed by atoms with Crippen molar-refractivity contribution in [3.8, 4) is 11.1 Å². The molecular weight excluding hydrogens is 354 g/mol. The van der Waals surface area contributed by atoms with E-state index in [1.54, 1.807) is 17.0 Å². The van der Waals surface area contributed by atoms with E-state index in [2.05, 4.69) is 15.3 Å². The first-order valence-electron chi connectivity index (χ1n) is 9.01. The van der Waals surface area contributed by atoms with Gasteiger partial charge in [0.1, 0.15) is 5.65 Å². The molecule has 1 unspecified atom stereocenters. The summed E-state index contributed by atoms with van der Waals surface area (Å²) in [4.78, 5) is 21.4. The standard InChI is InChI=1S/C21H19N5O2/c1-12-4-5-13(2)26(12)21(28)18-16(10-22-11-17(18)20(27)24-21)14-6-8-23-19-15(14)7-9-25(19)3/h4-11,28H,1-3H3,(H,24,27). The van der Waals surface area contributed by atoms with Crippen molar-refractivity contribution in [3.63, 3.8) is 0 Å². The van der Waals surface area contributed by atoms with Crippen LogP contribution in [-0.2, 0) is 12.9 Å². The first-order chi connectivity index (χ1) is 13.4. The second kappa shape index (κ2) is 5.53. The number of hydrogen-bond acceptors (Lipinski definition) is 4. The highest BCUT2D eigenvalue weighted by atomic mass is 16.3. The number of carbonyl (C=O) groups excluding carboxylic acids is 1. The Labute approximate surface area is 161 Å². The Balaban J connectivity index is 1.86. The van der Waals surface area contributed by atoms with E-state index in [0.29, 0.717) is 16.7 Å². The highest BCUT2D eigenvalue weighted by Crippen LogP contribution is 2.41. The lowest BCUT2D eigenvalue weighted by molar-refractivity contribution is -0.0166. The van der Waals surface area contributed by atoms with Gasteiger partial charge in [0.2, 0.25) is 0 Å². The number of nitrogens with zero attached hydrogens (tertiary/aromatic N) is 4. The van der Waals surface area contributed by atoms with Gasteiger partial charge in [-0.25, -0.2) is 4.98 Å². The van der Waals surface area contributed by atoms with E-state index in [0.717, 1.165) is 28.0 Å². The molecule has 0 spiro atoms. The largest absolute Gasteiger partial charge is 0.350 e. The molecule has 5 rings (SSSR count). The van der Waals surface area contributed by atoms with E-state index in [1.165, 1.54) is 6.20 Å². The minimum absolute atomic E-state index is 0.349. The van der Waals surface area contributed by atoms with Gasteiger partial charge in [0.25, 0.3) is 11.8 Å². The summed E-state index contributed by atoms with van der Waals surface area (Å²) >= 11 is 0. The second-order valence-electron chi connectivity index (χ2n) is 7.21. The van der Waals surface area contributed by atoms with Gasteiger partial charge < -0.3 is 15.0 Å². The van der Waals surface area contributed by atoms with E-state index >= 15 is 0 Å². The number of fused-ring (bicyclic) bond motifs is 2. The van der Waals surface area contributed by atoms with Crippen molar-refractivity contribution in [3.05, 3.63) is 71.6 Å². The van der Waals surface area contributed by atoms with Crippen LogP contribution in [0.5, 0.6) is 0 Å². The number of aryl methyl sites for hydroxylation is 3. The van der Waals surface area contributed by atoms with Crippen molar-refractivity contribution >= 4 is 16.9 Å². The van der Waals surface area contributed by atoms with Crippen molar-refractivity contribution < 1.29 is 9.90 Å². The molecule has 1 aliphatic heterocycles. The van der Waals surface area contributed by atoms with Crippen LogP contribution in [-0.4, -0.2) is 30.1 Å². The fourth-order valence-electron chi connectivity index (χ4n) is 4.25. The molecule has 4 aromatic heterocycles. The van der Waals surface area contributed by atoms with Gasteiger partial charge >= 0.3 is 0 Å². The van der Waals surface area contributed by atoms with Crippen molar-refractivity contribution in [1.29, 1.82) is 0 Å². The summed E-state index contributed by atoms with van der Waals surface area (Å²) in [6, 6.07) is 7.70. The molecule has 0 radical (unpaired) electrons. The minimum atomic E-state index is -1.69. The Morgan fingerprint density at radius 1 is 1.04 bits per heavy atom. The van der Waals surface area contributed by atoms with Crippen LogP contribution < -0.4 is 5.32 Å². The molecule has 1 atom stereocenters. The number of amides is 1. The SMILES string of the molecule is Cc1ccc(C)n1C1(O)NC(=O)c2cncc(-c3ccnc4c3ccn4C)c21. The van der Waals surface area contributed by atoms with Crippen LogP contribution in [0.3, 0.4) is 0 Å². The van der Waals surface area contributed by atoms with Gasteiger partial charge in [-0.1, -0.05) is 0 Å². The second-order valence-corrected chi connectivity index (χ2v) is 7.21. The molecule has 7 heteroatoms. The van der Waals surface area contributed by atoms with Crippen LogP contribution in [0.15, 0.2) is 49.1 Å². The molecule has 5 heterocycles. The fraction of sp³-hybridized carbons (Fsp3) is 0.190. The smallest absolute Gasteiger partial charge is 0.257 e. The minimum Gasteiger partial charge on any atom is -0.350 e. The summed E-state index contributed by atoms with van der Waals surface area (Å²) in [5.41, 5.74) is 4.95. The van der Waals surface area contributed by atoms with Gasteiger partial charge in [-0.15, -0.1) is 0 Å².